The van der Waals surface area contributed by atoms with Gasteiger partial charge in [0, 0.05) is 0 Å². The maximum atomic E-state index is 13.3. The van der Waals surface area contributed by atoms with Gasteiger partial charge in [-0.05, 0) is 49.4 Å². The highest BCUT2D eigenvalue weighted by molar-refractivity contribution is 7.92. The Kier molecular flexibility index (Phi) is 7.26. The lowest BCUT2D eigenvalue weighted by atomic mass is 10.2. The SMILES string of the molecule is Cc1ccc(S(=O)(=O)N(CC(=O)Nc2cc(C(F)(F)F)ccc2Cl)c2ccccc2Cl)cc1. The lowest BCUT2D eigenvalue weighted by Gasteiger charge is -2.25. The van der Waals surface area contributed by atoms with Gasteiger partial charge >= 0.3 is 6.18 Å². The molecule has 0 unspecified atom stereocenters. The number of carbonyl (C=O) groups excluding carboxylic acids is 1. The van der Waals surface area contributed by atoms with Crippen LogP contribution in [0.5, 0.6) is 0 Å². The molecule has 11 heteroatoms. The van der Waals surface area contributed by atoms with Crippen LogP contribution in [-0.2, 0) is 21.0 Å². The first-order chi connectivity index (χ1) is 15.4. The highest BCUT2D eigenvalue weighted by atomic mass is 35.5. The summed E-state index contributed by atoms with van der Waals surface area (Å²) in [5.41, 5.74) is -0.457. The Morgan fingerprint density at radius 3 is 2.21 bits per heavy atom. The van der Waals surface area contributed by atoms with E-state index in [0.717, 1.165) is 22.0 Å². The zero-order valence-corrected chi connectivity index (χ0v) is 19.4. The monoisotopic (exact) mass is 516 g/mol. The fourth-order valence-electron chi connectivity index (χ4n) is 2.91. The first-order valence-electron chi connectivity index (χ1n) is 9.40. The number of hydrogen-bond donors (Lipinski definition) is 1. The molecule has 3 rings (SSSR count). The van der Waals surface area contributed by atoms with Crippen molar-refractivity contribution in [2.75, 3.05) is 16.2 Å². The van der Waals surface area contributed by atoms with Gasteiger partial charge in [0.1, 0.15) is 6.54 Å². The zero-order chi connectivity index (χ0) is 24.4. The normalized spacial score (nSPS) is 11.8. The first kappa shape index (κ1) is 24.9. The van der Waals surface area contributed by atoms with Gasteiger partial charge in [0.05, 0.1) is 31.9 Å². The number of alkyl halides is 3. The molecule has 0 saturated carbocycles. The number of halogens is 5. The number of aryl methyl sites for hydroxylation is 1. The van der Waals surface area contributed by atoms with E-state index in [4.69, 9.17) is 23.2 Å². The van der Waals surface area contributed by atoms with Crippen molar-refractivity contribution in [3.63, 3.8) is 0 Å². The topological polar surface area (TPSA) is 66.5 Å². The van der Waals surface area contributed by atoms with Gasteiger partial charge in [-0.3, -0.25) is 9.10 Å². The molecule has 1 amide bonds. The lowest BCUT2D eigenvalue weighted by molar-refractivity contribution is -0.137. The van der Waals surface area contributed by atoms with Crippen LogP contribution in [0, 0.1) is 6.92 Å². The predicted molar refractivity (Wildman–Crippen MR) is 122 cm³/mol. The van der Waals surface area contributed by atoms with E-state index in [1.54, 1.807) is 31.2 Å². The number of hydrogen-bond acceptors (Lipinski definition) is 3. The molecule has 5 nitrogen and oxygen atoms in total. The van der Waals surface area contributed by atoms with Crippen molar-refractivity contribution in [3.05, 3.63) is 87.9 Å². The Bertz CT molecular complexity index is 1280. The second-order valence-electron chi connectivity index (χ2n) is 7.02. The molecule has 0 fully saturated rings. The first-order valence-corrected chi connectivity index (χ1v) is 11.6. The van der Waals surface area contributed by atoms with Crippen LogP contribution >= 0.6 is 23.2 Å². The summed E-state index contributed by atoms with van der Waals surface area (Å²) in [4.78, 5) is 12.7. The predicted octanol–water partition coefficient (Wildman–Crippen LogP) is 6.15. The van der Waals surface area contributed by atoms with E-state index in [1.807, 2.05) is 0 Å². The van der Waals surface area contributed by atoms with Crippen molar-refractivity contribution in [2.45, 2.75) is 18.0 Å². The summed E-state index contributed by atoms with van der Waals surface area (Å²) >= 11 is 12.1. The van der Waals surface area contributed by atoms with Gasteiger partial charge in [-0.15, -0.1) is 0 Å². The minimum atomic E-state index is -4.65. The number of sulfonamides is 1. The molecule has 0 aromatic heterocycles. The second-order valence-corrected chi connectivity index (χ2v) is 9.69. The van der Waals surface area contributed by atoms with Gasteiger partial charge in [0.2, 0.25) is 5.91 Å². The van der Waals surface area contributed by atoms with Crippen LogP contribution in [0.4, 0.5) is 24.5 Å². The summed E-state index contributed by atoms with van der Waals surface area (Å²) in [7, 11) is -4.25. The quantitative estimate of drug-likeness (QED) is 0.426. The number of amides is 1. The standard InChI is InChI=1S/C22H17Cl2F3N2O3S/c1-14-6-9-16(10-7-14)33(31,32)29(20-5-3-2-4-18(20)24)13-21(30)28-19-12-15(22(25,26)27)8-11-17(19)23/h2-12H,13H2,1H3,(H,28,30). The van der Waals surface area contributed by atoms with Gasteiger partial charge in [0.25, 0.3) is 10.0 Å². The smallest absolute Gasteiger partial charge is 0.323 e. The van der Waals surface area contributed by atoms with Gasteiger partial charge < -0.3 is 5.32 Å². The highest BCUT2D eigenvalue weighted by Gasteiger charge is 2.32. The average Bonchev–Trinajstić information content (AvgIpc) is 2.73. The van der Waals surface area contributed by atoms with Crippen molar-refractivity contribution in [1.82, 2.24) is 0 Å². The van der Waals surface area contributed by atoms with Crippen LogP contribution < -0.4 is 9.62 Å². The maximum absolute atomic E-state index is 13.3. The summed E-state index contributed by atoms with van der Waals surface area (Å²) in [5.74, 6) is -0.910. The van der Waals surface area contributed by atoms with E-state index in [9.17, 15) is 26.4 Å². The number of nitrogens with one attached hydrogen (secondary N) is 1. The van der Waals surface area contributed by atoms with Crippen molar-refractivity contribution < 1.29 is 26.4 Å². The van der Waals surface area contributed by atoms with E-state index in [1.165, 1.54) is 24.3 Å². The molecule has 0 radical (unpaired) electrons. The molecule has 0 saturated heterocycles. The van der Waals surface area contributed by atoms with Gasteiger partial charge in [-0.1, -0.05) is 53.0 Å². The van der Waals surface area contributed by atoms with Crippen LogP contribution in [0.2, 0.25) is 10.0 Å². The van der Waals surface area contributed by atoms with Crippen LogP contribution in [-0.4, -0.2) is 20.9 Å². The van der Waals surface area contributed by atoms with Crippen LogP contribution in [0.3, 0.4) is 0 Å². The number of rotatable bonds is 6. The van der Waals surface area contributed by atoms with Crippen molar-refractivity contribution in [3.8, 4) is 0 Å². The molecule has 0 aliphatic heterocycles. The van der Waals surface area contributed by atoms with Crippen molar-refractivity contribution >= 4 is 50.5 Å². The lowest BCUT2D eigenvalue weighted by Crippen LogP contribution is -2.38. The molecule has 0 heterocycles. The summed E-state index contributed by atoms with van der Waals surface area (Å²) in [6.07, 6.45) is -4.65. The molecule has 3 aromatic carbocycles. The van der Waals surface area contributed by atoms with Crippen molar-refractivity contribution in [2.24, 2.45) is 0 Å². The van der Waals surface area contributed by atoms with E-state index in [2.05, 4.69) is 5.32 Å². The molecular formula is C22H17Cl2F3N2O3S. The minimum absolute atomic E-state index is 0.0324. The molecule has 0 aliphatic rings. The third-order valence-corrected chi connectivity index (χ3v) is 7.01. The maximum Gasteiger partial charge on any atom is 0.416 e. The van der Waals surface area contributed by atoms with E-state index in [-0.39, 0.29) is 26.3 Å². The Labute approximate surface area is 198 Å². The summed E-state index contributed by atoms with van der Waals surface area (Å²) in [6, 6.07) is 14.4. The Morgan fingerprint density at radius 2 is 1.61 bits per heavy atom. The molecule has 174 valence electrons. The number of carbonyl (C=O) groups is 1. The van der Waals surface area contributed by atoms with Gasteiger partial charge in [-0.25, -0.2) is 8.42 Å². The third kappa shape index (κ3) is 5.79. The fourth-order valence-corrected chi connectivity index (χ4v) is 4.80. The zero-order valence-electron chi connectivity index (χ0n) is 17.0. The number of anilines is 2. The van der Waals surface area contributed by atoms with E-state index < -0.39 is 34.2 Å². The van der Waals surface area contributed by atoms with E-state index in [0.29, 0.717) is 6.07 Å². The summed E-state index contributed by atoms with van der Waals surface area (Å²) < 4.78 is 66.6. The third-order valence-electron chi connectivity index (χ3n) is 4.59. The summed E-state index contributed by atoms with van der Waals surface area (Å²) in [5, 5.41) is 2.19. The Balaban J connectivity index is 1.97. The summed E-state index contributed by atoms with van der Waals surface area (Å²) in [6.45, 7) is 1.03. The Hall–Kier alpha value is -2.75. The fraction of sp³-hybridized carbons (Fsp3) is 0.136. The molecule has 33 heavy (non-hydrogen) atoms. The number of nitrogens with zero attached hydrogens (tertiary/aromatic N) is 1. The van der Waals surface area contributed by atoms with Crippen molar-refractivity contribution in [1.29, 1.82) is 0 Å². The average molecular weight is 517 g/mol. The molecule has 1 N–H and O–H groups in total. The van der Waals surface area contributed by atoms with E-state index >= 15 is 0 Å². The van der Waals surface area contributed by atoms with Crippen LogP contribution in [0.15, 0.2) is 71.6 Å². The molecule has 0 bridgehead atoms. The van der Waals surface area contributed by atoms with Crippen LogP contribution in [0.1, 0.15) is 11.1 Å². The van der Waals surface area contributed by atoms with Gasteiger partial charge in [0.15, 0.2) is 0 Å². The van der Waals surface area contributed by atoms with Crippen LogP contribution in [0.25, 0.3) is 0 Å². The minimum Gasteiger partial charge on any atom is -0.323 e. The number of para-hydroxylation sites is 1. The molecule has 0 atom stereocenters. The largest absolute Gasteiger partial charge is 0.416 e. The molecular weight excluding hydrogens is 500 g/mol. The number of benzene rings is 3. The molecule has 3 aromatic rings. The molecule has 0 aliphatic carbocycles. The Morgan fingerprint density at radius 1 is 0.970 bits per heavy atom. The van der Waals surface area contributed by atoms with Gasteiger partial charge in [-0.2, -0.15) is 13.2 Å². The molecule has 0 spiro atoms. The second kappa shape index (κ2) is 9.62. The highest BCUT2D eigenvalue weighted by Crippen LogP contribution is 2.34.